The number of rotatable bonds is 69. The summed E-state index contributed by atoms with van der Waals surface area (Å²) in [4.78, 5) is 72.6. The van der Waals surface area contributed by atoms with Crippen molar-refractivity contribution >= 4 is 39.5 Å². The number of carbonyl (C=O) groups excluding carboxylic acids is 4. The van der Waals surface area contributed by atoms with Gasteiger partial charge in [0.2, 0.25) is 0 Å². The first-order chi connectivity index (χ1) is 44.3. The van der Waals surface area contributed by atoms with Crippen LogP contribution in [-0.4, -0.2) is 96.7 Å². The Labute approximate surface area is 561 Å². The lowest BCUT2D eigenvalue weighted by molar-refractivity contribution is -0.161. The fraction of sp³-hybridized carbons (Fsp3) is 0.890. The van der Waals surface area contributed by atoms with Crippen LogP contribution in [0.3, 0.4) is 0 Å². The van der Waals surface area contributed by atoms with Gasteiger partial charge < -0.3 is 33.8 Å². The number of phosphoric ester groups is 2. The highest BCUT2D eigenvalue weighted by atomic mass is 31.2. The summed E-state index contributed by atoms with van der Waals surface area (Å²) in [5, 5.41) is 10.6. The molecule has 17 nitrogen and oxygen atoms in total. The number of unbranched alkanes of at least 4 members (excludes halogenated alkanes) is 33. The van der Waals surface area contributed by atoms with Gasteiger partial charge in [0.1, 0.15) is 19.3 Å². The van der Waals surface area contributed by atoms with Crippen LogP contribution in [0.5, 0.6) is 0 Å². The number of allylic oxidation sites excluding steroid dienone is 4. The van der Waals surface area contributed by atoms with E-state index < -0.39 is 97.5 Å². The summed E-state index contributed by atoms with van der Waals surface area (Å²) in [6.07, 6.45) is 50.8. The molecule has 0 bridgehead atoms. The summed E-state index contributed by atoms with van der Waals surface area (Å²) in [6.45, 7) is 11.7. The topological polar surface area (TPSA) is 237 Å². The van der Waals surface area contributed by atoms with Crippen LogP contribution in [0.25, 0.3) is 0 Å². The molecule has 0 aliphatic rings. The molecule has 3 unspecified atom stereocenters. The van der Waals surface area contributed by atoms with E-state index in [0.717, 1.165) is 127 Å². The minimum atomic E-state index is -4.96. The second kappa shape index (κ2) is 63.3. The normalized spacial score (nSPS) is 14.6. The van der Waals surface area contributed by atoms with Crippen LogP contribution in [0, 0.1) is 17.8 Å². The highest BCUT2D eigenvalue weighted by Gasteiger charge is 2.30. The van der Waals surface area contributed by atoms with Crippen LogP contribution in [0.1, 0.15) is 344 Å². The predicted octanol–water partition coefficient (Wildman–Crippen LogP) is 20.6. The van der Waals surface area contributed by atoms with Crippen LogP contribution >= 0.6 is 15.6 Å². The second-order valence-corrected chi connectivity index (χ2v) is 29.7. The van der Waals surface area contributed by atoms with Gasteiger partial charge in [0, 0.05) is 25.7 Å². The molecule has 0 aliphatic carbocycles. The summed E-state index contributed by atoms with van der Waals surface area (Å²) in [5.41, 5.74) is 0. The lowest BCUT2D eigenvalue weighted by atomic mass is 10.00. The van der Waals surface area contributed by atoms with Gasteiger partial charge in [-0.3, -0.25) is 37.3 Å². The molecule has 19 heteroatoms. The molecule has 0 spiro atoms. The molecule has 0 aliphatic heterocycles. The number of esters is 4. The van der Waals surface area contributed by atoms with Crippen LogP contribution in [0.4, 0.5) is 0 Å². The molecule has 0 radical (unpaired) electrons. The van der Waals surface area contributed by atoms with Crippen LogP contribution in [0.15, 0.2) is 24.3 Å². The number of aliphatic hydroxyl groups is 1. The number of ether oxygens (including phenoxy) is 4. The van der Waals surface area contributed by atoms with Crippen molar-refractivity contribution in [2.45, 2.75) is 362 Å². The van der Waals surface area contributed by atoms with Crippen molar-refractivity contribution in [1.82, 2.24) is 0 Å². The third-order valence-electron chi connectivity index (χ3n) is 16.6. The molecule has 3 N–H and O–H groups in total. The lowest BCUT2D eigenvalue weighted by Gasteiger charge is -2.21. The van der Waals surface area contributed by atoms with E-state index in [1.807, 2.05) is 0 Å². The molecule has 0 rings (SSSR count). The zero-order valence-corrected chi connectivity index (χ0v) is 61.3. The highest BCUT2D eigenvalue weighted by molar-refractivity contribution is 7.47. The van der Waals surface area contributed by atoms with Crippen molar-refractivity contribution in [1.29, 1.82) is 0 Å². The molecule has 0 amide bonds. The summed E-state index contributed by atoms with van der Waals surface area (Å²) in [5.74, 6) is 0.0748. The summed E-state index contributed by atoms with van der Waals surface area (Å²) in [7, 11) is -9.92. The Hall–Kier alpha value is -2.46. The van der Waals surface area contributed by atoms with Crippen molar-refractivity contribution in [3.8, 4) is 0 Å². The largest absolute Gasteiger partial charge is 0.472 e. The van der Waals surface area contributed by atoms with Gasteiger partial charge in [-0.15, -0.1) is 0 Å². The van der Waals surface area contributed by atoms with E-state index in [1.165, 1.54) is 128 Å². The highest BCUT2D eigenvalue weighted by Crippen LogP contribution is 2.45. The summed E-state index contributed by atoms with van der Waals surface area (Å²) in [6, 6.07) is 0. The second-order valence-electron chi connectivity index (χ2n) is 26.8. The molecule has 92 heavy (non-hydrogen) atoms. The first kappa shape index (κ1) is 89.5. The zero-order chi connectivity index (χ0) is 68.0. The maximum absolute atomic E-state index is 13.0. The quantitative estimate of drug-likeness (QED) is 0.0169. The lowest BCUT2D eigenvalue weighted by Crippen LogP contribution is -2.30. The molecule has 0 aromatic heterocycles. The standard InChI is InChI=1S/C73H138O17P2/c1-8-10-11-12-13-14-15-16-17-20-23-26-32-40-47-54-70(75)83-60-68(89-72(77)56-49-42-33-27-24-21-18-19-22-25-30-37-44-51-64(3)4)62-87-91(79,80)85-58-67(74)59-86-92(81,82)88-63-69(61-84-71(76)55-48-41-36-35-39-46-53-66(7)9-2)90-73(78)57-50-43-34-29-28-31-38-45-52-65(5)6/h14-17,64-69,74H,8-13,18-63H2,1-7H3,(H,79,80)(H,81,82)/b15-14-,17-16-/t66?,67-,68-,69-/m1/s1. The number of carbonyl (C=O) groups is 4. The van der Waals surface area contributed by atoms with Crippen LogP contribution in [-0.2, 0) is 65.4 Å². The van der Waals surface area contributed by atoms with Gasteiger partial charge in [-0.1, -0.05) is 291 Å². The van der Waals surface area contributed by atoms with Crippen molar-refractivity contribution < 1.29 is 80.2 Å². The monoisotopic (exact) mass is 1350 g/mol. The smallest absolute Gasteiger partial charge is 0.462 e. The SMILES string of the molecule is CCCCCC/C=C\C=C/CCCCCCCC(=O)OC[C@H](COP(=O)(O)OC[C@@H](O)COP(=O)(O)OC[C@@H](COC(=O)CCCCCCCCC(C)CC)OC(=O)CCCCCCCCCCC(C)C)OC(=O)CCCCCCCCCCCCCCCC(C)C. The van der Waals surface area contributed by atoms with Crippen LogP contribution in [0.2, 0.25) is 0 Å². The number of phosphoric acid groups is 2. The molecule has 0 saturated heterocycles. The Morgan fingerprint density at radius 3 is 0.967 bits per heavy atom. The minimum absolute atomic E-state index is 0.0997. The van der Waals surface area contributed by atoms with E-state index in [1.54, 1.807) is 0 Å². The van der Waals surface area contributed by atoms with E-state index in [4.69, 9.17) is 37.0 Å². The zero-order valence-electron chi connectivity index (χ0n) is 59.5. The van der Waals surface area contributed by atoms with Crippen molar-refractivity contribution in [2.75, 3.05) is 39.6 Å². The summed E-state index contributed by atoms with van der Waals surface area (Å²) < 4.78 is 68.3. The molecule has 6 atom stereocenters. The Balaban J connectivity index is 5.29. The first-order valence-corrected chi connectivity index (χ1v) is 40.2. The summed E-state index contributed by atoms with van der Waals surface area (Å²) >= 11 is 0. The van der Waals surface area contributed by atoms with Crippen molar-refractivity contribution in [3.05, 3.63) is 24.3 Å². The maximum atomic E-state index is 13.0. The number of hydrogen-bond donors (Lipinski definition) is 3. The van der Waals surface area contributed by atoms with E-state index >= 15 is 0 Å². The number of aliphatic hydroxyl groups excluding tert-OH is 1. The van der Waals surface area contributed by atoms with Crippen molar-refractivity contribution in [3.63, 3.8) is 0 Å². The predicted molar refractivity (Wildman–Crippen MR) is 372 cm³/mol. The Kier molecular flexibility index (Phi) is 61.6. The van der Waals surface area contributed by atoms with E-state index in [-0.39, 0.29) is 25.7 Å². The third kappa shape index (κ3) is 64.9. The van der Waals surface area contributed by atoms with E-state index in [9.17, 15) is 43.2 Å². The average molecular weight is 1350 g/mol. The molecular weight excluding hydrogens is 1210 g/mol. The molecular formula is C73H138O17P2. The maximum Gasteiger partial charge on any atom is 0.472 e. The van der Waals surface area contributed by atoms with Gasteiger partial charge in [0.25, 0.3) is 0 Å². The molecule has 0 fully saturated rings. The van der Waals surface area contributed by atoms with Gasteiger partial charge in [0.15, 0.2) is 12.2 Å². The Morgan fingerprint density at radius 2 is 0.641 bits per heavy atom. The van der Waals surface area contributed by atoms with E-state index in [2.05, 4.69) is 72.8 Å². The molecule has 0 aromatic carbocycles. The Morgan fingerprint density at radius 1 is 0.359 bits per heavy atom. The average Bonchev–Trinajstić information content (AvgIpc) is 2.97. The van der Waals surface area contributed by atoms with E-state index in [0.29, 0.717) is 31.6 Å². The van der Waals surface area contributed by atoms with Gasteiger partial charge in [-0.05, 0) is 69.1 Å². The Bertz CT molecular complexity index is 1900. The van der Waals surface area contributed by atoms with Gasteiger partial charge in [-0.2, -0.15) is 0 Å². The fourth-order valence-electron chi connectivity index (χ4n) is 10.5. The molecule has 0 saturated carbocycles. The fourth-order valence-corrected chi connectivity index (χ4v) is 12.1. The first-order valence-electron chi connectivity index (χ1n) is 37.2. The molecule has 0 heterocycles. The van der Waals surface area contributed by atoms with Gasteiger partial charge in [-0.25, -0.2) is 9.13 Å². The minimum Gasteiger partial charge on any atom is -0.462 e. The van der Waals surface area contributed by atoms with Crippen LogP contribution < -0.4 is 0 Å². The van der Waals surface area contributed by atoms with Gasteiger partial charge in [0.05, 0.1) is 26.4 Å². The number of hydrogen-bond acceptors (Lipinski definition) is 15. The third-order valence-corrected chi connectivity index (χ3v) is 18.5. The molecule has 542 valence electrons. The molecule has 0 aromatic rings. The van der Waals surface area contributed by atoms with Crippen molar-refractivity contribution in [2.24, 2.45) is 17.8 Å². The van der Waals surface area contributed by atoms with Gasteiger partial charge >= 0.3 is 39.5 Å².